The molecular weight excluding hydrogens is 220 g/mol. The van der Waals surface area contributed by atoms with Crippen LogP contribution >= 0.6 is 0 Å². The quantitative estimate of drug-likeness (QED) is 0.460. The van der Waals surface area contributed by atoms with Crippen LogP contribution in [0.1, 0.15) is 26.7 Å². The Balaban J connectivity index is 4.10. The van der Waals surface area contributed by atoms with Gasteiger partial charge in [0.1, 0.15) is 0 Å². The summed E-state index contributed by atoms with van der Waals surface area (Å²) in [6.45, 7) is 4.67. The molecule has 0 saturated carbocycles. The Bertz CT molecular complexity index is 210. The molecule has 0 rings (SSSR count). The first-order valence-corrected chi connectivity index (χ1v) is 7.70. The molecule has 0 aromatic heterocycles. The van der Waals surface area contributed by atoms with Crippen LogP contribution in [0.15, 0.2) is 24.3 Å². The van der Waals surface area contributed by atoms with Crippen LogP contribution in [0.2, 0.25) is 6.04 Å². The third-order valence-corrected chi connectivity index (χ3v) is 5.11. The molecule has 0 bridgehead atoms. The highest BCUT2D eigenvalue weighted by Crippen LogP contribution is 2.17. The van der Waals surface area contributed by atoms with E-state index < -0.39 is 8.80 Å². The zero-order valence-corrected chi connectivity index (χ0v) is 11.9. The Morgan fingerprint density at radius 1 is 1.12 bits per heavy atom. The fourth-order valence-corrected chi connectivity index (χ4v) is 3.38. The van der Waals surface area contributed by atoms with Gasteiger partial charge in [0.2, 0.25) is 0 Å². The fraction of sp³-hybridized carbons (Fsp3) is 0.667. The highest BCUT2D eigenvalue weighted by atomic mass is 28.4. The number of rotatable bonds is 9. The molecule has 94 valence electrons. The normalized spacial score (nSPS) is 13.0. The van der Waals surface area contributed by atoms with Gasteiger partial charge in [0.05, 0.1) is 6.61 Å². The smallest absolute Gasteiger partial charge is 0.377 e. The van der Waals surface area contributed by atoms with Crippen LogP contribution in [0, 0.1) is 0 Å². The predicted molar refractivity (Wildman–Crippen MR) is 69.4 cm³/mol. The first kappa shape index (κ1) is 15.6. The standard InChI is InChI=1S/C12H24O3Si/c1-5-7-9-10-11-15-16(13-3,14-4)12-8-6-2/h5,7,9-10H,6,8,11-12H2,1-4H3/b7-5+,10-9+. The molecule has 0 aliphatic carbocycles. The van der Waals surface area contributed by atoms with Crippen LogP contribution in [-0.2, 0) is 13.3 Å². The van der Waals surface area contributed by atoms with E-state index >= 15 is 0 Å². The van der Waals surface area contributed by atoms with E-state index in [1.165, 1.54) is 0 Å². The summed E-state index contributed by atoms with van der Waals surface area (Å²) in [4.78, 5) is 0. The van der Waals surface area contributed by atoms with Crippen molar-refractivity contribution in [3.8, 4) is 0 Å². The lowest BCUT2D eigenvalue weighted by Crippen LogP contribution is -2.43. The predicted octanol–water partition coefficient (Wildman–Crippen LogP) is 3.17. The lowest BCUT2D eigenvalue weighted by atomic mass is 10.4. The second kappa shape index (κ2) is 9.78. The molecule has 0 heterocycles. The molecule has 0 saturated heterocycles. The van der Waals surface area contributed by atoms with Crippen LogP contribution in [0.3, 0.4) is 0 Å². The van der Waals surface area contributed by atoms with E-state index in [1.807, 2.05) is 31.2 Å². The van der Waals surface area contributed by atoms with Crippen molar-refractivity contribution in [3.63, 3.8) is 0 Å². The lowest BCUT2D eigenvalue weighted by Gasteiger charge is -2.25. The van der Waals surface area contributed by atoms with E-state index in [1.54, 1.807) is 14.2 Å². The summed E-state index contributed by atoms with van der Waals surface area (Å²) in [7, 11) is 0.935. The molecule has 0 amide bonds. The first-order chi connectivity index (χ1) is 7.74. The van der Waals surface area contributed by atoms with E-state index in [0.717, 1.165) is 18.9 Å². The summed E-state index contributed by atoms with van der Waals surface area (Å²) < 4.78 is 16.6. The maximum Gasteiger partial charge on any atom is 0.500 e. The Morgan fingerprint density at radius 3 is 2.31 bits per heavy atom. The Labute approximate surface area is 100 Å². The topological polar surface area (TPSA) is 27.7 Å². The van der Waals surface area contributed by atoms with Gasteiger partial charge in [-0.1, -0.05) is 37.6 Å². The molecule has 4 heteroatoms. The molecule has 0 aromatic rings. The molecular formula is C12H24O3Si. The second-order valence-corrected chi connectivity index (χ2v) is 6.43. The van der Waals surface area contributed by atoms with Gasteiger partial charge in [-0.25, -0.2) is 0 Å². The van der Waals surface area contributed by atoms with Crippen molar-refractivity contribution >= 4 is 8.80 Å². The number of unbranched alkanes of at least 4 members (excludes halogenated alkanes) is 1. The average Bonchev–Trinajstić information content (AvgIpc) is 2.33. The van der Waals surface area contributed by atoms with Crippen molar-refractivity contribution in [1.82, 2.24) is 0 Å². The van der Waals surface area contributed by atoms with Gasteiger partial charge in [-0.2, -0.15) is 0 Å². The van der Waals surface area contributed by atoms with Crippen molar-refractivity contribution in [1.29, 1.82) is 0 Å². The maximum absolute atomic E-state index is 5.75. The zero-order chi connectivity index (χ0) is 12.3. The molecule has 0 aromatic carbocycles. The van der Waals surface area contributed by atoms with Gasteiger partial charge in [-0.15, -0.1) is 0 Å². The van der Waals surface area contributed by atoms with Crippen LogP contribution in [0.5, 0.6) is 0 Å². The van der Waals surface area contributed by atoms with E-state index in [9.17, 15) is 0 Å². The largest absolute Gasteiger partial charge is 0.500 e. The highest BCUT2D eigenvalue weighted by Gasteiger charge is 2.37. The maximum atomic E-state index is 5.75. The Kier molecular flexibility index (Phi) is 9.52. The van der Waals surface area contributed by atoms with Gasteiger partial charge >= 0.3 is 8.80 Å². The van der Waals surface area contributed by atoms with Gasteiger partial charge in [0.15, 0.2) is 0 Å². The minimum Gasteiger partial charge on any atom is -0.377 e. The zero-order valence-electron chi connectivity index (χ0n) is 10.9. The summed E-state index contributed by atoms with van der Waals surface area (Å²) >= 11 is 0. The van der Waals surface area contributed by atoms with E-state index in [0.29, 0.717) is 6.61 Å². The summed E-state index contributed by atoms with van der Waals surface area (Å²) in [5, 5.41) is 0. The minimum absolute atomic E-state index is 0.544. The molecule has 0 N–H and O–H groups in total. The molecule has 16 heavy (non-hydrogen) atoms. The monoisotopic (exact) mass is 244 g/mol. The first-order valence-electron chi connectivity index (χ1n) is 5.76. The number of hydrogen-bond acceptors (Lipinski definition) is 3. The van der Waals surface area contributed by atoms with Crippen LogP contribution in [-0.4, -0.2) is 29.6 Å². The van der Waals surface area contributed by atoms with E-state index in [2.05, 4.69) is 6.92 Å². The molecule has 0 spiro atoms. The van der Waals surface area contributed by atoms with E-state index in [4.69, 9.17) is 13.3 Å². The summed E-state index contributed by atoms with van der Waals surface area (Å²) in [5.74, 6) is 0. The SMILES string of the molecule is C/C=C/C=C/CO[Si](CCCC)(OC)OC. The van der Waals surface area contributed by atoms with Gasteiger partial charge in [0.25, 0.3) is 0 Å². The summed E-state index contributed by atoms with van der Waals surface area (Å²) in [6.07, 6.45) is 10.1. The number of allylic oxidation sites excluding steroid dienone is 3. The minimum atomic E-state index is -2.40. The van der Waals surface area contributed by atoms with Crippen LogP contribution in [0.25, 0.3) is 0 Å². The van der Waals surface area contributed by atoms with Gasteiger partial charge in [-0.05, 0) is 13.3 Å². The Hall–Kier alpha value is -0.423. The molecule has 0 aliphatic heterocycles. The fourth-order valence-electron chi connectivity index (χ4n) is 1.29. The van der Waals surface area contributed by atoms with Crippen molar-refractivity contribution in [2.24, 2.45) is 0 Å². The van der Waals surface area contributed by atoms with Crippen LogP contribution in [0.4, 0.5) is 0 Å². The molecule has 0 unspecified atom stereocenters. The average molecular weight is 244 g/mol. The molecule has 0 atom stereocenters. The molecule has 0 fully saturated rings. The molecule has 0 aliphatic rings. The third-order valence-electron chi connectivity index (χ3n) is 2.30. The second-order valence-electron chi connectivity index (χ2n) is 3.46. The van der Waals surface area contributed by atoms with E-state index in [-0.39, 0.29) is 0 Å². The molecule has 3 nitrogen and oxygen atoms in total. The Morgan fingerprint density at radius 2 is 1.81 bits per heavy atom. The van der Waals surface area contributed by atoms with Gasteiger partial charge < -0.3 is 13.3 Å². The lowest BCUT2D eigenvalue weighted by molar-refractivity contribution is 0.109. The van der Waals surface area contributed by atoms with Crippen molar-refractivity contribution in [2.75, 3.05) is 20.8 Å². The van der Waals surface area contributed by atoms with Crippen molar-refractivity contribution < 1.29 is 13.3 Å². The summed E-state index contributed by atoms with van der Waals surface area (Å²) in [5.41, 5.74) is 0. The van der Waals surface area contributed by atoms with Crippen LogP contribution < -0.4 is 0 Å². The number of hydrogen-bond donors (Lipinski definition) is 0. The molecule has 0 radical (unpaired) electrons. The van der Waals surface area contributed by atoms with Gasteiger partial charge in [-0.3, -0.25) is 0 Å². The third kappa shape index (κ3) is 6.22. The van der Waals surface area contributed by atoms with Crippen molar-refractivity contribution in [2.45, 2.75) is 32.7 Å². The van der Waals surface area contributed by atoms with Crippen molar-refractivity contribution in [3.05, 3.63) is 24.3 Å². The van der Waals surface area contributed by atoms with Gasteiger partial charge in [0, 0.05) is 20.3 Å². The highest BCUT2D eigenvalue weighted by molar-refractivity contribution is 6.60. The summed E-state index contributed by atoms with van der Waals surface area (Å²) in [6, 6.07) is 0.883.